The van der Waals surface area contributed by atoms with Crippen LogP contribution < -0.4 is 0 Å². The number of alkyl halides is 3. The number of hydrogen-bond acceptors (Lipinski definition) is 0. The van der Waals surface area contributed by atoms with Crippen molar-refractivity contribution < 1.29 is 13.2 Å². The predicted molar refractivity (Wildman–Crippen MR) is 56.0 cm³/mol. The van der Waals surface area contributed by atoms with Crippen molar-refractivity contribution in [3.05, 3.63) is 33.5 Å². The Labute approximate surface area is 91.4 Å². The molecule has 0 amide bonds. The highest BCUT2D eigenvalue weighted by Crippen LogP contribution is 2.35. The molecular weight excluding hydrogens is 306 g/mol. The second-order valence-electron chi connectivity index (χ2n) is 2.86. The fraction of sp³-hybridized carbons (Fsp3) is 0.111. The topological polar surface area (TPSA) is 15.8 Å². The lowest BCUT2D eigenvalue weighted by Gasteiger charge is -2.07. The summed E-state index contributed by atoms with van der Waals surface area (Å²) in [5, 5.41) is 0.612. The van der Waals surface area contributed by atoms with E-state index in [-0.39, 0.29) is 5.52 Å². The summed E-state index contributed by atoms with van der Waals surface area (Å²) in [6.45, 7) is 0. The van der Waals surface area contributed by atoms with E-state index < -0.39 is 11.7 Å². The van der Waals surface area contributed by atoms with E-state index in [4.69, 9.17) is 0 Å². The van der Waals surface area contributed by atoms with Crippen LogP contribution in [-0.4, -0.2) is 4.98 Å². The fourth-order valence-electron chi connectivity index (χ4n) is 1.36. The summed E-state index contributed by atoms with van der Waals surface area (Å²) in [5.41, 5.74) is -0.456. The molecule has 0 spiro atoms. The number of benzene rings is 1. The lowest BCUT2D eigenvalue weighted by atomic mass is 10.1. The van der Waals surface area contributed by atoms with E-state index >= 15 is 0 Å². The minimum atomic E-state index is -4.30. The number of rotatable bonds is 0. The number of halogens is 4. The Bertz CT molecular complexity index is 472. The Balaban J connectivity index is 2.79. The van der Waals surface area contributed by atoms with Gasteiger partial charge in [0.15, 0.2) is 0 Å². The highest BCUT2D eigenvalue weighted by atomic mass is 127. The van der Waals surface area contributed by atoms with Crippen molar-refractivity contribution >= 4 is 33.5 Å². The SMILES string of the molecule is FC(F)(F)c1cccc2c(I)c[nH]c12. The summed E-state index contributed by atoms with van der Waals surface area (Å²) in [6.07, 6.45) is -2.73. The zero-order chi connectivity index (χ0) is 10.3. The zero-order valence-corrected chi connectivity index (χ0v) is 8.98. The molecule has 1 heterocycles. The van der Waals surface area contributed by atoms with Gasteiger partial charge in [-0.25, -0.2) is 0 Å². The summed E-state index contributed by atoms with van der Waals surface area (Å²) in [4.78, 5) is 2.64. The molecule has 0 radical (unpaired) electrons. The third-order valence-electron chi connectivity index (χ3n) is 1.97. The number of H-pyrrole nitrogens is 1. The summed E-state index contributed by atoms with van der Waals surface area (Å²) in [6, 6.07) is 4.17. The quantitative estimate of drug-likeness (QED) is 0.713. The van der Waals surface area contributed by atoms with Gasteiger partial charge >= 0.3 is 6.18 Å². The van der Waals surface area contributed by atoms with Crippen LogP contribution >= 0.6 is 22.6 Å². The summed E-state index contributed by atoms with van der Waals surface area (Å²) in [7, 11) is 0. The predicted octanol–water partition coefficient (Wildman–Crippen LogP) is 3.79. The van der Waals surface area contributed by atoms with Gasteiger partial charge in [0, 0.05) is 15.2 Å². The van der Waals surface area contributed by atoms with E-state index in [0.29, 0.717) is 5.39 Å². The number of aromatic amines is 1. The molecule has 1 aromatic carbocycles. The molecule has 0 saturated carbocycles. The van der Waals surface area contributed by atoms with Crippen molar-refractivity contribution in [1.82, 2.24) is 4.98 Å². The largest absolute Gasteiger partial charge is 0.418 e. The van der Waals surface area contributed by atoms with Gasteiger partial charge in [-0.1, -0.05) is 12.1 Å². The molecule has 0 aliphatic rings. The van der Waals surface area contributed by atoms with Gasteiger partial charge in [0.25, 0.3) is 0 Å². The Morgan fingerprint density at radius 2 is 1.93 bits per heavy atom. The van der Waals surface area contributed by atoms with Gasteiger partial charge in [0.2, 0.25) is 0 Å². The van der Waals surface area contributed by atoms with Crippen molar-refractivity contribution in [2.75, 3.05) is 0 Å². The van der Waals surface area contributed by atoms with Crippen LogP contribution in [-0.2, 0) is 6.18 Å². The van der Waals surface area contributed by atoms with Crippen LogP contribution in [0, 0.1) is 3.57 Å². The third-order valence-corrected chi connectivity index (χ3v) is 2.86. The fourth-order valence-corrected chi connectivity index (χ4v) is 1.96. The van der Waals surface area contributed by atoms with Crippen LogP contribution in [0.3, 0.4) is 0 Å². The molecule has 14 heavy (non-hydrogen) atoms. The number of para-hydroxylation sites is 1. The van der Waals surface area contributed by atoms with Crippen LogP contribution in [0.15, 0.2) is 24.4 Å². The Hall–Kier alpha value is -0.720. The first-order valence-electron chi connectivity index (χ1n) is 3.83. The monoisotopic (exact) mass is 311 g/mol. The normalized spacial score (nSPS) is 12.3. The van der Waals surface area contributed by atoms with Crippen molar-refractivity contribution in [3.63, 3.8) is 0 Å². The standard InChI is InChI=1S/C9H5F3IN/c10-9(11,12)6-3-1-2-5-7(13)4-14-8(5)6/h1-4,14H. The van der Waals surface area contributed by atoms with E-state index in [1.807, 2.05) is 22.6 Å². The molecule has 5 heteroatoms. The molecule has 2 rings (SSSR count). The molecule has 0 unspecified atom stereocenters. The summed E-state index contributed by atoms with van der Waals surface area (Å²) in [5.74, 6) is 0. The first-order chi connectivity index (χ1) is 6.50. The van der Waals surface area contributed by atoms with Crippen molar-refractivity contribution in [2.24, 2.45) is 0 Å². The van der Waals surface area contributed by atoms with Gasteiger partial charge in [-0.2, -0.15) is 13.2 Å². The van der Waals surface area contributed by atoms with E-state index in [0.717, 1.165) is 9.64 Å². The van der Waals surface area contributed by atoms with Gasteiger partial charge in [-0.05, 0) is 28.7 Å². The highest BCUT2D eigenvalue weighted by Gasteiger charge is 2.33. The second-order valence-corrected chi connectivity index (χ2v) is 4.02. The molecule has 0 fully saturated rings. The molecule has 0 saturated heterocycles. The molecular formula is C9H5F3IN. The smallest absolute Gasteiger partial charge is 0.360 e. The van der Waals surface area contributed by atoms with E-state index in [1.54, 1.807) is 12.3 Å². The molecule has 74 valence electrons. The van der Waals surface area contributed by atoms with Gasteiger partial charge in [-0.3, -0.25) is 0 Å². The Kier molecular flexibility index (Phi) is 2.21. The lowest BCUT2D eigenvalue weighted by molar-refractivity contribution is -0.136. The highest BCUT2D eigenvalue weighted by molar-refractivity contribution is 14.1. The van der Waals surface area contributed by atoms with Crippen LogP contribution in [0.1, 0.15) is 5.56 Å². The molecule has 2 aromatic rings. The van der Waals surface area contributed by atoms with Crippen LogP contribution in [0.25, 0.3) is 10.9 Å². The van der Waals surface area contributed by atoms with Crippen molar-refractivity contribution in [1.29, 1.82) is 0 Å². The maximum Gasteiger partial charge on any atom is 0.418 e. The third kappa shape index (κ3) is 1.49. The first-order valence-corrected chi connectivity index (χ1v) is 4.91. The maximum atomic E-state index is 12.5. The average Bonchev–Trinajstić information content (AvgIpc) is 2.46. The van der Waals surface area contributed by atoms with Crippen LogP contribution in [0.2, 0.25) is 0 Å². The number of aromatic nitrogens is 1. The van der Waals surface area contributed by atoms with E-state index in [9.17, 15) is 13.2 Å². The van der Waals surface area contributed by atoms with Gasteiger partial charge in [0.1, 0.15) is 0 Å². The maximum absolute atomic E-state index is 12.5. The van der Waals surface area contributed by atoms with Gasteiger partial charge in [-0.15, -0.1) is 0 Å². The van der Waals surface area contributed by atoms with Crippen molar-refractivity contribution in [2.45, 2.75) is 6.18 Å². The second kappa shape index (κ2) is 3.15. The molecule has 0 aliphatic carbocycles. The average molecular weight is 311 g/mol. The molecule has 0 aliphatic heterocycles. The first kappa shape index (κ1) is 9.82. The van der Waals surface area contributed by atoms with Crippen molar-refractivity contribution in [3.8, 4) is 0 Å². The van der Waals surface area contributed by atoms with Crippen LogP contribution in [0.5, 0.6) is 0 Å². The minimum absolute atomic E-state index is 0.157. The zero-order valence-electron chi connectivity index (χ0n) is 6.82. The number of nitrogens with one attached hydrogen (secondary N) is 1. The molecule has 1 N–H and O–H groups in total. The molecule has 1 aromatic heterocycles. The summed E-state index contributed by atoms with van der Waals surface area (Å²) < 4.78 is 38.3. The van der Waals surface area contributed by atoms with Gasteiger partial charge in [0.05, 0.1) is 11.1 Å². The van der Waals surface area contributed by atoms with E-state index in [1.165, 1.54) is 6.07 Å². The number of hydrogen-bond donors (Lipinski definition) is 1. The van der Waals surface area contributed by atoms with Gasteiger partial charge < -0.3 is 4.98 Å². The lowest BCUT2D eigenvalue weighted by Crippen LogP contribution is -2.05. The Morgan fingerprint density at radius 1 is 1.21 bits per heavy atom. The number of fused-ring (bicyclic) bond motifs is 1. The van der Waals surface area contributed by atoms with E-state index in [2.05, 4.69) is 4.98 Å². The molecule has 0 bridgehead atoms. The molecule has 0 atom stereocenters. The summed E-state index contributed by atoms with van der Waals surface area (Å²) >= 11 is 2.00. The van der Waals surface area contributed by atoms with Crippen LogP contribution in [0.4, 0.5) is 13.2 Å². The Morgan fingerprint density at radius 3 is 2.57 bits per heavy atom. The molecule has 1 nitrogen and oxygen atoms in total. The minimum Gasteiger partial charge on any atom is -0.360 e.